The number of halogens is 2. The second-order valence-corrected chi connectivity index (χ2v) is 7.99. The Bertz CT molecular complexity index is 1610. The van der Waals surface area contributed by atoms with Gasteiger partial charge in [0.1, 0.15) is 11.5 Å². The number of hydrogen-bond donors (Lipinski definition) is 3. The van der Waals surface area contributed by atoms with Gasteiger partial charge in [-0.1, -0.05) is 35.3 Å². The fourth-order valence-electron chi connectivity index (χ4n) is 3.29. The van der Waals surface area contributed by atoms with Crippen LogP contribution in [0.15, 0.2) is 68.7 Å². The molecule has 5 rings (SSSR count). The van der Waals surface area contributed by atoms with Gasteiger partial charge in [-0.3, -0.25) is 4.79 Å². The van der Waals surface area contributed by atoms with Crippen LogP contribution in [0.25, 0.3) is 22.6 Å². The van der Waals surface area contributed by atoms with E-state index in [1.165, 1.54) is 0 Å². The molecule has 11 nitrogen and oxygen atoms in total. The minimum atomic E-state index is -0.550. The number of nitrogens with zero attached hydrogens (tertiary/aromatic N) is 5. The van der Waals surface area contributed by atoms with Crippen LogP contribution in [-0.4, -0.2) is 31.9 Å². The van der Waals surface area contributed by atoms with Crippen molar-refractivity contribution in [3.8, 4) is 11.3 Å². The summed E-state index contributed by atoms with van der Waals surface area (Å²) in [6, 6.07) is 15.0. The van der Waals surface area contributed by atoms with Crippen LogP contribution in [0, 0.1) is 0 Å². The molecular weight excluding hydrogens is 495 g/mol. The molecule has 0 saturated carbocycles. The topological polar surface area (TPSA) is 171 Å². The molecule has 0 radical (unpaired) electrons. The number of primary amides is 1. The van der Waals surface area contributed by atoms with E-state index in [1.807, 2.05) is 0 Å². The van der Waals surface area contributed by atoms with Gasteiger partial charge in [0, 0.05) is 16.8 Å². The Balaban J connectivity index is 1.57. The summed E-state index contributed by atoms with van der Waals surface area (Å²) in [5.74, 6) is 6.18. The number of carbonyl (C=O) groups excluding carboxylic acids is 1. The van der Waals surface area contributed by atoms with E-state index >= 15 is 0 Å². The van der Waals surface area contributed by atoms with Crippen molar-refractivity contribution in [1.82, 2.24) is 20.3 Å². The number of hydrazone groups is 1. The number of furan rings is 1. The third-order valence-electron chi connectivity index (χ3n) is 4.92. The molecule has 174 valence electrons. The van der Waals surface area contributed by atoms with Crippen LogP contribution >= 0.6 is 23.2 Å². The first-order chi connectivity index (χ1) is 16.9. The molecule has 35 heavy (non-hydrogen) atoms. The van der Waals surface area contributed by atoms with E-state index in [1.54, 1.807) is 54.6 Å². The molecule has 0 aliphatic carbocycles. The van der Waals surface area contributed by atoms with Gasteiger partial charge in [-0.05, 0) is 52.8 Å². The van der Waals surface area contributed by atoms with E-state index < -0.39 is 5.91 Å². The minimum absolute atomic E-state index is 0.141. The zero-order valence-electron chi connectivity index (χ0n) is 17.6. The Labute approximate surface area is 206 Å². The molecule has 0 unspecified atom stereocenters. The molecular formula is C22H14Cl2N8O3. The lowest BCUT2D eigenvalue weighted by Gasteiger charge is -2.11. The number of hydrogen-bond acceptors (Lipinski definition) is 10. The summed E-state index contributed by atoms with van der Waals surface area (Å²) in [6.07, 6.45) is 0. The highest BCUT2D eigenvalue weighted by Crippen LogP contribution is 2.30. The number of nitrogens with two attached hydrogens (primary N) is 2. The van der Waals surface area contributed by atoms with Gasteiger partial charge in [0.2, 0.25) is 17.2 Å². The summed E-state index contributed by atoms with van der Waals surface area (Å²) in [5, 5.41) is 15.2. The second-order valence-electron chi connectivity index (χ2n) is 7.17. The molecule has 2 aromatic carbocycles. The molecule has 13 heteroatoms. The van der Waals surface area contributed by atoms with Crippen LogP contribution in [-0.2, 0) is 0 Å². The molecule has 1 amide bonds. The standard InChI is InChI=1S/C22H14Cl2N8O3/c23-13-5-4-12(9-14(13)24)27-20-18(28-21-22(29-20)32-35-31-21)17(30-26)16-7-6-15(34-16)10-2-1-3-11(8-10)19(25)33/h1-9H,26H2,(H2,25,33)(H,27,29,32). The van der Waals surface area contributed by atoms with Crippen molar-refractivity contribution in [3.05, 3.63) is 81.7 Å². The summed E-state index contributed by atoms with van der Waals surface area (Å²) >= 11 is 12.2. The first kappa shape index (κ1) is 22.3. The van der Waals surface area contributed by atoms with Crippen LogP contribution in [0.5, 0.6) is 0 Å². The third-order valence-corrected chi connectivity index (χ3v) is 5.66. The summed E-state index contributed by atoms with van der Waals surface area (Å²) in [7, 11) is 0. The van der Waals surface area contributed by atoms with E-state index in [0.29, 0.717) is 32.6 Å². The van der Waals surface area contributed by atoms with Crippen LogP contribution in [0.4, 0.5) is 11.5 Å². The molecule has 0 aliphatic heterocycles. The van der Waals surface area contributed by atoms with Crippen LogP contribution in [0.3, 0.4) is 0 Å². The van der Waals surface area contributed by atoms with Crippen LogP contribution in [0.2, 0.25) is 10.0 Å². The maximum Gasteiger partial charge on any atom is 0.248 e. The zero-order valence-corrected chi connectivity index (χ0v) is 19.1. The molecule has 0 saturated heterocycles. The summed E-state index contributed by atoms with van der Waals surface area (Å²) < 4.78 is 10.7. The first-order valence-electron chi connectivity index (χ1n) is 9.94. The normalized spacial score (nSPS) is 11.7. The van der Waals surface area contributed by atoms with Crippen molar-refractivity contribution < 1.29 is 13.8 Å². The molecule has 0 bridgehead atoms. The Morgan fingerprint density at radius 3 is 2.51 bits per heavy atom. The average molecular weight is 509 g/mol. The smallest absolute Gasteiger partial charge is 0.248 e. The molecule has 5 N–H and O–H groups in total. The summed E-state index contributed by atoms with van der Waals surface area (Å²) in [5.41, 5.74) is 7.63. The lowest BCUT2D eigenvalue weighted by atomic mass is 10.1. The van der Waals surface area contributed by atoms with Crippen molar-refractivity contribution in [3.63, 3.8) is 0 Å². The van der Waals surface area contributed by atoms with E-state index in [-0.39, 0.29) is 34.3 Å². The van der Waals surface area contributed by atoms with Gasteiger partial charge in [0.05, 0.1) is 10.0 Å². The summed E-state index contributed by atoms with van der Waals surface area (Å²) in [4.78, 5) is 20.4. The number of aromatic nitrogens is 4. The molecule has 5 aromatic rings. The highest BCUT2D eigenvalue weighted by molar-refractivity contribution is 6.42. The predicted octanol–water partition coefficient (Wildman–Crippen LogP) is 4.13. The fraction of sp³-hybridized carbons (Fsp3) is 0. The van der Waals surface area contributed by atoms with Gasteiger partial charge >= 0.3 is 0 Å². The lowest BCUT2D eigenvalue weighted by molar-refractivity contribution is 0.100. The van der Waals surface area contributed by atoms with Gasteiger partial charge < -0.3 is 21.3 Å². The number of nitrogens with one attached hydrogen (secondary N) is 1. The highest BCUT2D eigenvalue weighted by atomic mass is 35.5. The number of benzene rings is 2. The van der Waals surface area contributed by atoms with Gasteiger partial charge in [0.25, 0.3) is 0 Å². The maximum absolute atomic E-state index is 11.5. The highest BCUT2D eigenvalue weighted by Gasteiger charge is 2.22. The number of amides is 1. The maximum atomic E-state index is 11.5. The summed E-state index contributed by atoms with van der Waals surface area (Å²) in [6.45, 7) is 0. The van der Waals surface area contributed by atoms with Crippen molar-refractivity contribution in [1.29, 1.82) is 0 Å². The number of rotatable bonds is 6. The van der Waals surface area contributed by atoms with Gasteiger partial charge in [-0.15, -0.1) is 0 Å². The molecule has 3 aromatic heterocycles. The zero-order chi connectivity index (χ0) is 24.5. The first-order valence-corrected chi connectivity index (χ1v) is 10.7. The van der Waals surface area contributed by atoms with Crippen molar-refractivity contribution in [2.45, 2.75) is 0 Å². The second kappa shape index (κ2) is 9.05. The number of fused-ring (bicyclic) bond motifs is 1. The van der Waals surface area contributed by atoms with Gasteiger partial charge in [0.15, 0.2) is 17.3 Å². The Morgan fingerprint density at radius 2 is 1.77 bits per heavy atom. The van der Waals surface area contributed by atoms with E-state index in [4.69, 9.17) is 43.8 Å². The van der Waals surface area contributed by atoms with Crippen LogP contribution in [0.1, 0.15) is 21.8 Å². The lowest BCUT2D eigenvalue weighted by Crippen LogP contribution is -2.13. The molecule has 0 spiro atoms. The monoisotopic (exact) mass is 508 g/mol. The van der Waals surface area contributed by atoms with E-state index in [2.05, 4.69) is 30.7 Å². The molecule has 3 heterocycles. The Hall–Kier alpha value is -4.48. The Kier molecular flexibility index (Phi) is 5.77. The van der Waals surface area contributed by atoms with Gasteiger partial charge in [-0.2, -0.15) is 5.10 Å². The largest absolute Gasteiger partial charge is 0.454 e. The van der Waals surface area contributed by atoms with Crippen molar-refractivity contribution >= 4 is 57.6 Å². The number of anilines is 2. The van der Waals surface area contributed by atoms with E-state index in [9.17, 15) is 4.79 Å². The Morgan fingerprint density at radius 1 is 0.971 bits per heavy atom. The van der Waals surface area contributed by atoms with E-state index in [0.717, 1.165) is 0 Å². The van der Waals surface area contributed by atoms with Crippen LogP contribution < -0.4 is 16.9 Å². The van der Waals surface area contributed by atoms with Crippen molar-refractivity contribution in [2.24, 2.45) is 16.7 Å². The predicted molar refractivity (Wildman–Crippen MR) is 130 cm³/mol. The molecule has 0 atom stereocenters. The SMILES string of the molecule is NN=C(c1ccc(-c2cccc(C(N)=O)c2)o1)c1nc2nonc2nc1Nc1ccc(Cl)c(Cl)c1. The fourth-order valence-corrected chi connectivity index (χ4v) is 3.59. The third kappa shape index (κ3) is 4.37. The quantitative estimate of drug-likeness (QED) is 0.173. The van der Waals surface area contributed by atoms with Gasteiger partial charge in [-0.25, -0.2) is 14.6 Å². The average Bonchev–Trinajstić information content (AvgIpc) is 3.52. The molecule has 0 fully saturated rings. The number of carbonyl (C=O) groups is 1. The van der Waals surface area contributed by atoms with Crippen molar-refractivity contribution in [2.75, 3.05) is 5.32 Å². The molecule has 0 aliphatic rings. The minimum Gasteiger partial charge on any atom is -0.454 e.